The van der Waals surface area contributed by atoms with Crippen LogP contribution in [0.25, 0.3) is 22.2 Å². The Labute approximate surface area is 187 Å². The summed E-state index contributed by atoms with van der Waals surface area (Å²) in [6.07, 6.45) is 3.30. The molecule has 2 heterocycles. The highest BCUT2D eigenvalue weighted by molar-refractivity contribution is 6.44. The average Bonchev–Trinajstić information content (AvgIpc) is 2.80. The summed E-state index contributed by atoms with van der Waals surface area (Å²) in [7, 11) is 0. The summed E-state index contributed by atoms with van der Waals surface area (Å²) in [6, 6.07) is 17.3. The van der Waals surface area contributed by atoms with Gasteiger partial charge in [0.05, 0.1) is 32.5 Å². The van der Waals surface area contributed by atoms with Gasteiger partial charge in [-0.05, 0) is 36.4 Å². The Morgan fingerprint density at radius 2 is 1.74 bits per heavy atom. The lowest BCUT2D eigenvalue weighted by atomic mass is 10.0. The fraction of sp³-hybridized carbons (Fsp3) is 0.0435. The summed E-state index contributed by atoms with van der Waals surface area (Å²) < 4.78 is 5.26. The third kappa shape index (κ3) is 4.66. The minimum Gasteiger partial charge on any atom is -0.452 e. The normalized spacial score (nSPS) is 10.6. The van der Waals surface area contributed by atoms with Crippen LogP contribution in [-0.4, -0.2) is 28.5 Å². The molecule has 2 aromatic carbocycles. The number of aromatic nitrogens is 2. The number of fused-ring (bicyclic) bond motifs is 1. The third-order valence-electron chi connectivity index (χ3n) is 4.47. The van der Waals surface area contributed by atoms with Gasteiger partial charge < -0.3 is 10.1 Å². The lowest BCUT2D eigenvalue weighted by molar-refractivity contribution is -0.119. The minimum absolute atomic E-state index is 0.214. The maximum Gasteiger partial charge on any atom is 0.339 e. The van der Waals surface area contributed by atoms with Crippen molar-refractivity contribution in [2.45, 2.75) is 0 Å². The molecule has 1 N–H and O–H groups in total. The number of esters is 1. The second-order valence-corrected chi connectivity index (χ2v) is 7.32. The van der Waals surface area contributed by atoms with Gasteiger partial charge in [-0.25, -0.2) is 9.78 Å². The van der Waals surface area contributed by atoms with Crippen molar-refractivity contribution in [1.29, 1.82) is 0 Å². The Balaban J connectivity index is 1.56. The zero-order chi connectivity index (χ0) is 21.8. The SMILES string of the molecule is O=C(COC(=O)c1cc(-c2ccncc2)nc2ccccc12)Nc1cccc(Cl)c1Cl. The summed E-state index contributed by atoms with van der Waals surface area (Å²) in [5, 5.41) is 3.73. The Bertz CT molecular complexity index is 1280. The van der Waals surface area contributed by atoms with Crippen LogP contribution < -0.4 is 5.32 Å². The lowest BCUT2D eigenvalue weighted by Gasteiger charge is -2.11. The van der Waals surface area contributed by atoms with Gasteiger partial charge in [-0.1, -0.05) is 47.5 Å². The van der Waals surface area contributed by atoms with Crippen LogP contribution in [0, 0.1) is 0 Å². The monoisotopic (exact) mass is 451 g/mol. The van der Waals surface area contributed by atoms with Crippen molar-refractivity contribution in [2.24, 2.45) is 0 Å². The van der Waals surface area contributed by atoms with Crippen LogP contribution in [0.2, 0.25) is 10.0 Å². The first-order valence-corrected chi connectivity index (χ1v) is 9.99. The van der Waals surface area contributed by atoms with Crippen molar-refractivity contribution >= 4 is 51.7 Å². The van der Waals surface area contributed by atoms with Crippen LogP contribution in [0.5, 0.6) is 0 Å². The maximum absolute atomic E-state index is 12.8. The lowest BCUT2D eigenvalue weighted by Crippen LogP contribution is -2.21. The third-order valence-corrected chi connectivity index (χ3v) is 5.29. The molecule has 0 spiro atoms. The predicted octanol–water partition coefficient (Wildman–Crippen LogP) is 5.40. The van der Waals surface area contributed by atoms with Crippen LogP contribution in [0.4, 0.5) is 5.69 Å². The maximum atomic E-state index is 12.8. The molecule has 2 aromatic heterocycles. The molecule has 1 amide bonds. The fourth-order valence-corrected chi connectivity index (χ4v) is 3.36. The van der Waals surface area contributed by atoms with Crippen molar-refractivity contribution < 1.29 is 14.3 Å². The predicted molar refractivity (Wildman–Crippen MR) is 120 cm³/mol. The number of carbonyl (C=O) groups is 2. The van der Waals surface area contributed by atoms with E-state index in [0.717, 1.165) is 5.56 Å². The minimum atomic E-state index is -0.638. The molecule has 0 saturated carbocycles. The quantitative estimate of drug-likeness (QED) is 0.410. The fourth-order valence-electron chi connectivity index (χ4n) is 3.01. The van der Waals surface area contributed by atoms with Crippen molar-refractivity contribution in [3.63, 3.8) is 0 Å². The first kappa shape index (κ1) is 20.8. The zero-order valence-corrected chi connectivity index (χ0v) is 17.5. The number of benzene rings is 2. The van der Waals surface area contributed by atoms with Gasteiger partial charge in [0.25, 0.3) is 5.91 Å². The number of pyridine rings is 2. The molecule has 154 valence electrons. The summed E-state index contributed by atoms with van der Waals surface area (Å²) in [5.74, 6) is -1.17. The summed E-state index contributed by atoms with van der Waals surface area (Å²) >= 11 is 12.0. The van der Waals surface area contributed by atoms with E-state index in [-0.39, 0.29) is 5.02 Å². The van der Waals surface area contributed by atoms with E-state index in [2.05, 4.69) is 15.3 Å². The van der Waals surface area contributed by atoms with Crippen molar-refractivity contribution in [3.05, 3.63) is 88.7 Å². The Kier molecular flexibility index (Phi) is 6.11. The highest BCUT2D eigenvalue weighted by atomic mass is 35.5. The van der Waals surface area contributed by atoms with Crippen LogP contribution in [0.15, 0.2) is 73.1 Å². The molecule has 0 aliphatic carbocycles. The molecular weight excluding hydrogens is 437 g/mol. The highest BCUT2D eigenvalue weighted by Crippen LogP contribution is 2.29. The number of anilines is 1. The number of ether oxygens (including phenoxy) is 1. The topological polar surface area (TPSA) is 81.2 Å². The van der Waals surface area contributed by atoms with Gasteiger partial charge in [-0.2, -0.15) is 0 Å². The molecule has 0 radical (unpaired) electrons. The number of amides is 1. The van der Waals surface area contributed by atoms with E-state index < -0.39 is 18.5 Å². The van der Waals surface area contributed by atoms with Gasteiger partial charge in [0.2, 0.25) is 0 Å². The van der Waals surface area contributed by atoms with E-state index >= 15 is 0 Å². The number of nitrogens with zero attached hydrogens (tertiary/aromatic N) is 2. The molecule has 0 fully saturated rings. The van der Waals surface area contributed by atoms with E-state index in [0.29, 0.717) is 32.9 Å². The molecular formula is C23H15Cl2N3O3. The van der Waals surface area contributed by atoms with Gasteiger partial charge in [0, 0.05) is 23.3 Å². The second kappa shape index (κ2) is 9.12. The van der Waals surface area contributed by atoms with Gasteiger partial charge in [0.15, 0.2) is 6.61 Å². The largest absolute Gasteiger partial charge is 0.452 e. The number of halogens is 2. The van der Waals surface area contributed by atoms with Gasteiger partial charge in [0.1, 0.15) is 0 Å². The number of para-hydroxylation sites is 1. The molecule has 4 aromatic rings. The Morgan fingerprint density at radius 3 is 2.55 bits per heavy atom. The van der Waals surface area contributed by atoms with E-state index in [4.69, 9.17) is 27.9 Å². The molecule has 4 rings (SSSR count). The molecule has 31 heavy (non-hydrogen) atoms. The van der Waals surface area contributed by atoms with Crippen molar-refractivity contribution in [2.75, 3.05) is 11.9 Å². The van der Waals surface area contributed by atoms with Crippen LogP contribution in [-0.2, 0) is 9.53 Å². The van der Waals surface area contributed by atoms with E-state index in [9.17, 15) is 9.59 Å². The number of rotatable bonds is 5. The van der Waals surface area contributed by atoms with Crippen LogP contribution in [0.3, 0.4) is 0 Å². The molecule has 0 bridgehead atoms. The zero-order valence-electron chi connectivity index (χ0n) is 16.0. The first-order valence-electron chi connectivity index (χ1n) is 9.24. The number of carbonyl (C=O) groups excluding carboxylic acids is 2. The number of nitrogens with one attached hydrogen (secondary N) is 1. The van der Waals surface area contributed by atoms with Crippen molar-refractivity contribution in [1.82, 2.24) is 9.97 Å². The highest BCUT2D eigenvalue weighted by Gasteiger charge is 2.17. The Morgan fingerprint density at radius 1 is 0.968 bits per heavy atom. The first-order chi connectivity index (χ1) is 15.0. The molecule has 8 heteroatoms. The van der Waals surface area contributed by atoms with Gasteiger partial charge >= 0.3 is 5.97 Å². The molecule has 6 nitrogen and oxygen atoms in total. The van der Waals surface area contributed by atoms with Gasteiger partial charge in [-0.15, -0.1) is 0 Å². The number of hydrogen-bond acceptors (Lipinski definition) is 5. The Hall–Kier alpha value is -3.48. The summed E-state index contributed by atoms with van der Waals surface area (Å²) in [6.45, 7) is -0.483. The van der Waals surface area contributed by atoms with E-state index in [1.165, 1.54) is 0 Å². The second-order valence-electron chi connectivity index (χ2n) is 6.53. The van der Waals surface area contributed by atoms with Crippen LogP contribution in [0.1, 0.15) is 10.4 Å². The van der Waals surface area contributed by atoms with E-state index in [1.54, 1.807) is 60.9 Å². The van der Waals surface area contributed by atoms with Crippen molar-refractivity contribution in [3.8, 4) is 11.3 Å². The van der Waals surface area contributed by atoms with Gasteiger partial charge in [-0.3, -0.25) is 9.78 Å². The van der Waals surface area contributed by atoms with E-state index in [1.807, 2.05) is 12.1 Å². The van der Waals surface area contributed by atoms with Crippen LogP contribution >= 0.6 is 23.2 Å². The molecule has 0 saturated heterocycles. The molecule has 0 unspecified atom stereocenters. The standard InChI is InChI=1S/C23H15Cl2N3O3/c24-17-5-3-7-19(22(17)25)28-21(29)13-31-23(30)16-12-20(14-8-10-26-11-9-14)27-18-6-2-1-4-15(16)18/h1-12H,13H2,(H,28,29). The molecule has 0 aliphatic heterocycles. The average molecular weight is 452 g/mol. The number of hydrogen-bond donors (Lipinski definition) is 1. The summed E-state index contributed by atoms with van der Waals surface area (Å²) in [4.78, 5) is 33.7. The smallest absolute Gasteiger partial charge is 0.339 e. The molecule has 0 aliphatic rings. The summed E-state index contributed by atoms with van der Waals surface area (Å²) in [5.41, 5.74) is 2.70. The molecule has 0 atom stereocenters.